The summed E-state index contributed by atoms with van der Waals surface area (Å²) >= 11 is 0. The molecule has 2 aromatic rings. The van der Waals surface area contributed by atoms with Gasteiger partial charge in [-0.3, -0.25) is 19.0 Å². The number of carbonyl (C=O) groups is 2. The third-order valence-electron chi connectivity index (χ3n) is 5.29. The Morgan fingerprint density at radius 2 is 2.07 bits per heavy atom. The Morgan fingerprint density at radius 1 is 1.30 bits per heavy atom. The number of aryl methyl sites for hydroxylation is 1. The summed E-state index contributed by atoms with van der Waals surface area (Å²) in [6.07, 6.45) is 0.0658. The fraction of sp³-hybridized carbons (Fsp3) is 0.368. The van der Waals surface area contributed by atoms with Crippen molar-refractivity contribution in [2.45, 2.75) is 32.4 Å². The molecule has 8 heteroatoms. The minimum Gasteiger partial charge on any atom is -0.497 e. The van der Waals surface area contributed by atoms with Crippen LogP contribution >= 0.6 is 0 Å². The van der Waals surface area contributed by atoms with Crippen molar-refractivity contribution in [2.24, 2.45) is 7.05 Å². The maximum absolute atomic E-state index is 13.2. The average Bonchev–Trinajstić information content (AvgIpc) is 3.08. The van der Waals surface area contributed by atoms with E-state index in [1.54, 1.807) is 44.2 Å². The molecule has 140 valence electrons. The molecule has 4 rings (SSSR count). The largest absolute Gasteiger partial charge is 0.497 e. The molecule has 1 aromatic carbocycles. The predicted octanol–water partition coefficient (Wildman–Crippen LogP) is 1.07. The zero-order valence-corrected chi connectivity index (χ0v) is 15.4. The molecule has 0 saturated heterocycles. The molecule has 1 aromatic heterocycles. The molecule has 1 unspecified atom stereocenters. The molecule has 0 aliphatic carbocycles. The summed E-state index contributed by atoms with van der Waals surface area (Å²) in [5.41, 5.74) is 2.40. The van der Waals surface area contributed by atoms with Crippen LogP contribution in [0, 0.1) is 6.92 Å². The fourth-order valence-corrected chi connectivity index (χ4v) is 3.69. The van der Waals surface area contributed by atoms with Gasteiger partial charge in [0.2, 0.25) is 11.8 Å². The second-order valence-electron chi connectivity index (χ2n) is 6.90. The molecule has 2 aliphatic rings. The van der Waals surface area contributed by atoms with Crippen molar-refractivity contribution >= 4 is 17.5 Å². The lowest BCUT2D eigenvalue weighted by molar-refractivity contribution is -0.135. The number of rotatable bonds is 2. The van der Waals surface area contributed by atoms with Gasteiger partial charge in [0.25, 0.3) is 5.56 Å². The highest BCUT2D eigenvalue weighted by atomic mass is 16.5. The summed E-state index contributed by atoms with van der Waals surface area (Å²) in [7, 11) is 3.23. The van der Waals surface area contributed by atoms with Gasteiger partial charge in [0.05, 0.1) is 37.4 Å². The molecule has 3 heterocycles. The summed E-state index contributed by atoms with van der Waals surface area (Å²) in [5, 5.41) is 2.80. The van der Waals surface area contributed by atoms with E-state index in [-0.39, 0.29) is 36.9 Å². The molecule has 0 radical (unpaired) electrons. The van der Waals surface area contributed by atoms with Gasteiger partial charge in [0.1, 0.15) is 11.6 Å². The van der Waals surface area contributed by atoms with Gasteiger partial charge in [0, 0.05) is 19.2 Å². The number of amides is 2. The van der Waals surface area contributed by atoms with Crippen LogP contribution in [0.2, 0.25) is 0 Å². The SMILES string of the molecule is COc1ccc2c(c1)C(C(=O)N1Cc3nc(C)n(C)c(=O)c3C1)CC(=O)N2. The minimum absolute atomic E-state index is 0.0658. The average molecular weight is 368 g/mol. The van der Waals surface area contributed by atoms with Gasteiger partial charge >= 0.3 is 0 Å². The number of fused-ring (bicyclic) bond motifs is 2. The summed E-state index contributed by atoms with van der Waals surface area (Å²) in [6.45, 7) is 2.26. The van der Waals surface area contributed by atoms with Crippen molar-refractivity contribution in [3.63, 3.8) is 0 Å². The van der Waals surface area contributed by atoms with Gasteiger partial charge in [-0.2, -0.15) is 0 Å². The Bertz CT molecular complexity index is 1030. The lowest BCUT2D eigenvalue weighted by Crippen LogP contribution is -2.36. The molecule has 8 nitrogen and oxygen atoms in total. The van der Waals surface area contributed by atoms with Gasteiger partial charge in [-0.05, 0) is 30.7 Å². The fourth-order valence-electron chi connectivity index (χ4n) is 3.69. The van der Waals surface area contributed by atoms with Crippen LogP contribution < -0.4 is 15.6 Å². The van der Waals surface area contributed by atoms with Crippen LogP contribution in [0.5, 0.6) is 5.75 Å². The van der Waals surface area contributed by atoms with Gasteiger partial charge in [0.15, 0.2) is 0 Å². The van der Waals surface area contributed by atoms with Crippen LogP contribution in [-0.2, 0) is 29.7 Å². The van der Waals surface area contributed by atoms with E-state index in [9.17, 15) is 14.4 Å². The van der Waals surface area contributed by atoms with Gasteiger partial charge in [-0.1, -0.05) is 0 Å². The van der Waals surface area contributed by atoms with Crippen molar-refractivity contribution in [3.8, 4) is 5.75 Å². The number of aromatic nitrogens is 2. The van der Waals surface area contributed by atoms with Crippen molar-refractivity contribution < 1.29 is 14.3 Å². The van der Waals surface area contributed by atoms with Gasteiger partial charge < -0.3 is 15.0 Å². The zero-order chi connectivity index (χ0) is 19.3. The van der Waals surface area contributed by atoms with Crippen molar-refractivity contribution in [3.05, 3.63) is 51.2 Å². The maximum Gasteiger partial charge on any atom is 0.258 e. The zero-order valence-electron chi connectivity index (χ0n) is 15.4. The van der Waals surface area contributed by atoms with Crippen LogP contribution in [-0.4, -0.2) is 33.4 Å². The smallest absolute Gasteiger partial charge is 0.258 e. The van der Waals surface area contributed by atoms with Crippen LogP contribution in [0.4, 0.5) is 5.69 Å². The second-order valence-corrected chi connectivity index (χ2v) is 6.90. The Kier molecular flexibility index (Phi) is 3.98. The van der Waals surface area contributed by atoms with E-state index in [2.05, 4.69) is 10.3 Å². The molecule has 1 atom stereocenters. The monoisotopic (exact) mass is 368 g/mol. The molecule has 0 spiro atoms. The molecule has 2 amide bonds. The second kappa shape index (κ2) is 6.22. The summed E-state index contributed by atoms with van der Waals surface area (Å²) in [4.78, 5) is 43.8. The van der Waals surface area contributed by atoms with Gasteiger partial charge in [-0.25, -0.2) is 4.98 Å². The molecule has 1 N–H and O–H groups in total. The summed E-state index contributed by atoms with van der Waals surface area (Å²) < 4.78 is 6.75. The highest BCUT2D eigenvalue weighted by Gasteiger charge is 2.37. The standard InChI is InChI=1S/C19H20N4O4/c1-10-20-16-9-23(8-14(16)18(25)22(10)2)19(26)13-7-17(24)21-15-5-4-11(27-3)6-12(13)15/h4-6,13H,7-9H2,1-3H3,(H,21,24). The van der Waals surface area contributed by atoms with E-state index < -0.39 is 5.92 Å². The number of nitrogens with one attached hydrogen (secondary N) is 1. The topological polar surface area (TPSA) is 93.5 Å². The Labute approximate surface area is 155 Å². The number of ether oxygens (including phenoxy) is 1. The number of carbonyl (C=O) groups excluding carboxylic acids is 2. The highest BCUT2D eigenvalue weighted by molar-refractivity contribution is 6.01. The molecule has 2 aliphatic heterocycles. The number of hydrogen-bond donors (Lipinski definition) is 1. The van der Waals surface area contributed by atoms with Crippen molar-refractivity contribution in [1.82, 2.24) is 14.5 Å². The highest BCUT2D eigenvalue weighted by Crippen LogP contribution is 2.37. The van der Waals surface area contributed by atoms with Crippen LogP contribution in [0.25, 0.3) is 0 Å². The van der Waals surface area contributed by atoms with Gasteiger partial charge in [-0.15, -0.1) is 0 Å². The number of benzene rings is 1. The molecule has 0 fully saturated rings. The van der Waals surface area contributed by atoms with E-state index in [1.165, 1.54) is 4.57 Å². The maximum atomic E-state index is 13.2. The quantitative estimate of drug-likeness (QED) is 0.856. The van der Waals surface area contributed by atoms with E-state index in [0.717, 1.165) is 5.56 Å². The first kappa shape index (κ1) is 17.3. The number of anilines is 1. The van der Waals surface area contributed by atoms with E-state index in [4.69, 9.17) is 4.74 Å². The van der Waals surface area contributed by atoms with E-state index in [0.29, 0.717) is 28.5 Å². The number of methoxy groups -OCH3 is 1. The number of nitrogens with zero attached hydrogens (tertiary/aromatic N) is 3. The van der Waals surface area contributed by atoms with Crippen molar-refractivity contribution in [2.75, 3.05) is 12.4 Å². The minimum atomic E-state index is -0.608. The van der Waals surface area contributed by atoms with Crippen molar-refractivity contribution in [1.29, 1.82) is 0 Å². The summed E-state index contributed by atoms with van der Waals surface area (Å²) in [6, 6.07) is 5.26. The molecule has 27 heavy (non-hydrogen) atoms. The summed E-state index contributed by atoms with van der Waals surface area (Å²) in [5.74, 6) is 0.242. The Hall–Kier alpha value is -3.16. The Balaban J connectivity index is 1.68. The molecular weight excluding hydrogens is 348 g/mol. The van der Waals surface area contributed by atoms with E-state index >= 15 is 0 Å². The first-order valence-corrected chi connectivity index (χ1v) is 8.71. The molecule has 0 saturated carbocycles. The third-order valence-corrected chi connectivity index (χ3v) is 5.29. The first-order chi connectivity index (χ1) is 12.9. The normalized spacial score (nSPS) is 18.0. The molecular formula is C19H20N4O4. The lowest BCUT2D eigenvalue weighted by atomic mass is 9.89. The van der Waals surface area contributed by atoms with Crippen LogP contribution in [0.15, 0.2) is 23.0 Å². The Morgan fingerprint density at radius 3 is 2.81 bits per heavy atom. The number of hydrogen-bond acceptors (Lipinski definition) is 5. The van der Waals surface area contributed by atoms with E-state index in [1.807, 2.05) is 0 Å². The first-order valence-electron chi connectivity index (χ1n) is 8.71. The third kappa shape index (κ3) is 2.77. The molecule has 0 bridgehead atoms. The lowest BCUT2D eigenvalue weighted by Gasteiger charge is -2.28. The van der Waals surface area contributed by atoms with Crippen LogP contribution in [0.3, 0.4) is 0 Å². The predicted molar refractivity (Wildman–Crippen MR) is 97.5 cm³/mol. The van der Waals surface area contributed by atoms with Crippen LogP contribution in [0.1, 0.15) is 35.0 Å².